The van der Waals surface area contributed by atoms with Crippen molar-refractivity contribution in [2.75, 3.05) is 6.54 Å². The summed E-state index contributed by atoms with van der Waals surface area (Å²) in [5, 5.41) is 15.7. The first-order chi connectivity index (χ1) is 8.79. The first kappa shape index (κ1) is 12.2. The van der Waals surface area contributed by atoms with Gasteiger partial charge in [0.15, 0.2) is 5.82 Å². The van der Waals surface area contributed by atoms with Crippen LogP contribution in [0.15, 0.2) is 29.1 Å². The fraction of sp³-hybridized carbons (Fsp3) is 0.250. The Balaban J connectivity index is 1.86. The number of hydrogen-bond acceptors (Lipinski definition) is 5. The van der Waals surface area contributed by atoms with Crippen LogP contribution in [0.4, 0.5) is 4.39 Å². The van der Waals surface area contributed by atoms with E-state index in [-0.39, 0.29) is 5.82 Å². The number of aromatic nitrogens is 2. The van der Waals surface area contributed by atoms with Crippen molar-refractivity contribution in [3.63, 3.8) is 0 Å². The zero-order valence-corrected chi connectivity index (χ0v) is 9.56. The molecule has 0 atom stereocenters. The second-order valence-corrected chi connectivity index (χ2v) is 3.69. The molecule has 1 aromatic carbocycles. The van der Waals surface area contributed by atoms with Gasteiger partial charge in [0, 0.05) is 19.5 Å². The van der Waals surface area contributed by atoms with Gasteiger partial charge in [-0.25, -0.2) is 4.39 Å². The number of nitrogens with zero attached hydrogens (tertiary/aromatic N) is 3. The van der Waals surface area contributed by atoms with Crippen molar-refractivity contribution in [3.8, 4) is 6.07 Å². The van der Waals surface area contributed by atoms with Crippen molar-refractivity contribution < 1.29 is 8.91 Å². The maximum Gasteiger partial charge on any atom is 0.213 e. The van der Waals surface area contributed by atoms with Crippen LogP contribution in [0, 0.1) is 17.1 Å². The molecule has 0 saturated carbocycles. The highest BCUT2D eigenvalue weighted by Gasteiger charge is 2.04. The van der Waals surface area contributed by atoms with Crippen molar-refractivity contribution in [1.82, 2.24) is 15.5 Å². The molecule has 18 heavy (non-hydrogen) atoms. The highest BCUT2D eigenvalue weighted by molar-refractivity contribution is 5.37. The zero-order chi connectivity index (χ0) is 12.8. The summed E-state index contributed by atoms with van der Waals surface area (Å²) in [6.07, 6.45) is 1.89. The third kappa shape index (κ3) is 3.12. The highest BCUT2D eigenvalue weighted by atomic mass is 19.1. The van der Waals surface area contributed by atoms with Gasteiger partial charge in [-0.15, -0.1) is 0 Å². The van der Waals surface area contributed by atoms with Gasteiger partial charge in [-0.2, -0.15) is 10.2 Å². The first-order valence-electron chi connectivity index (χ1n) is 5.44. The Hall–Kier alpha value is -2.26. The molecule has 6 heteroatoms. The molecule has 0 aliphatic carbocycles. The summed E-state index contributed by atoms with van der Waals surface area (Å²) in [5.74, 6) is 0.270. The van der Waals surface area contributed by atoms with Crippen LogP contribution < -0.4 is 5.32 Å². The molecule has 5 nitrogen and oxygen atoms in total. The molecule has 1 N–H and O–H groups in total. The minimum Gasteiger partial charge on any atom is -0.343 e. The minimum atomic E-state index is -0.344. The lowest BCUT2D eigenvalue weighted by Crippen LogP contribution is -2.18. The second kappa shape index (κ2) is 5.89. The second-order valence-electron chi connectivity index (χ2n) is 3.69. The third-order valence-corrected chi connectivity index (χ3v) is 2.44. The highest BCUT2D eigenvalue weighted by Crippen LogP contribution is 2.10. The molecule has 0 bridgehead atoms. The van der Waals surface area contributed by atoms with Crippen molar-refractivity contribution in [2.24, 2.45) is 0 Å². The molecule has 0 saturated heterocycles. The van der Waals surface area contributed by atoms with Crippen LogP contribution in [0.25, 0.3) is 0 Å². The van der Waals surface area contributed by atoms with Gasteiger partial charge in [0.1, 0.15) is 5.82 Å². The summed E-state index contributed by atoms with van der Waals surface area (Å²) in [6, 6.07) is 6.15. The van der Waals surface area contributed by atoms with Crippen molar-refractivity contribution in [1.29, 1.82) is 5.26 Å². The lowest BCUT2D eigenvalue weighted by atomic mass is 10.1. The molecular formula is C12H11FN4O. The Morgan fingerprint density at radius 3 is 3.06 bits per heavy atom. The molecule has 2 rings (SSSR count). The minimum absolute atomic E-state index is 0.344. The maximum absolute atomic E-state index is 13.0. The van der Waals surface area contributed by atoms with E-state index in [9.17, 15) is 4.39 Å². The van der Waals surface area contributed by atoms with Crippen LogP contribution in [-0.2, 0) is 13.0 Å². The molecule has 2 aromatic rings. The predicted molar refractivity (Wildman–Crippen MR) is 60.8 cm³/mol. The average Bonchev–Trinajstić information content (AvgIpc) is 2.88. The molecule has 0 aliphatic heterocycles. The maximum atomic E-state index is 13.0. The quantitative estimate of drug-likeness (QED) is 0.807. The fourth-order valence-electron chi connectivity index (χ4n) is 1.54. The SMILES string of the molecule is N#Cc1ccc(F)cc1CNCCc1ncon1. The number of benzene rings is 1. The monoisotopic (exact) mass is 246 g/mol. The Morgan fingerprint density at radius 1 is 1.44 bits per heavy atom. The first-order valence-corrected chi connectivity index (χ1v) is 5.44. The van der Waals surface area contributed by atoms with E-state index in [1.165, 1.54) is 24.6 Å². The van der Waals surface area contributed by atoms with Crippen LogP contribution >= 0.6 is 0 Å². The van der Waals surface area contributed by atoms with E-state index in [1.54, 1.807) is 0 Å². The van der Waals surface area contributed by atoms with E-state index in [2.05, 4.69) is 20.0 Å². The van der Waals surface area contributed by atoms with Gasteiger partial charge in [0.2, 0.25) is 6.39 Å². The van der Waals surface area contributed by atoms with Crippen LogP contribution in [0.2, 0.25) is 0 Å². The third-order valence-electron chi connectivity index (χ3n) is 2.44. The number of halogens is 1. The van der Waals surface area contributed by atoms with Gasteiger partial charge < -0.3 is 9.84 Å². The van der Waals surface area contributed by atoms with Crippen molar-refractivity contribution in [2.45, 2.75) is 13.0 Å². The lowest BCUT2D eigenvalue weighted by Gasteiger charge is -2.05. The molecule has 92 valence electrons. The summed E-state index contributed by atoms with van der Waals surface area (Å²) in [4.78, 5) is 3.88. The largest absolute Gasteiger partial charge is 0.343 e. The van der Waals surface area contributed by atoms with E-state index in [0.717, 1.165) is 0 Å². The molecule has 1 aromatic heterocycles. The van der Waals surface area contributed by atoms with E-state index < -0.39 is 0 Å². The normalized spacial score (nSPS) is 10.2. The summed E-state index contributed by atoms with van der Waals surface area (Å²) in [5.41, 5.74) is 1.12. The number of rotatable bonds is 5. The van der Waals surface area contributed by atoms with Gasteiger partial charge in [0.25, 0.3) is 0 Å². The van der Waals surface area contributed by atoms with E-state index >= 15 is 0 Å². The Morgan fingerprint density at radius 2 is 2.33 bits per heavy atom. The lowest BCUT2D eigenvalue weighted by molar-refractivity contribution is 0.409. The predicted octanol–water partition coefficient (Wildman–Crippen LogP) is 1.41. The van der Waals surface area contributed by atoms with Crippen molar-refractivity contribution >= 4 is 0 Å². The van der Waals surface area contributed by atoms with Crippen LogP contribution in [0.1, 0.15) is 17.0 Å². The van der Waals surface area contributed by atoms with Crippen LogP contribution in [0.5, 0.6) is 0 Å². The topological polar surface area (TPSA) is 74.7 Å². The fourth-order valence-corrected chi connectivity index (χ4v) is 1.54. The van der Waals surface area contributed by atoms with Gasteiger partial charge in [-0.05, 0) is 23.8 Å². The Bertz CT molecular complexity index is 548. The van der Waals surface area contributed by atoms with E-state index in [1.807, 2.05) is 6.07 Å². The molecule has 0 fully saturated rings. The van der Waals surface area contributed by atoms with E-state index in [0.29, 0.717) is 36.5 Å². The van der Waals surface area contributed by atoms with Gasteiger partial charge in [0.05, 0.1) is 11.6 Å². The Kier molecular flexibility index (Phi) is 3.99. The number of nitriles is 1. The average molecular weight is 246 g/mol. The van der Waals surface area contributed by atoms with E-state index in [4.69, 9.17) is 5.26 Å². The summed E-state index contributed by atoms with van der Waals surface area (Å²) in [6.45, 7) is 1.05. The Labute approximate surface area is 103 Å². The molecule has 0 radical (unpaired) electrons. The number of nitrogens with one attached hydrogen (secondary N) is 1. The van der Waals surface area contributed by atoms with Gasteiger partial charge in [-0.1, -0.05) is 5.16 Å². The molecule has 0 unspecified atom stereocenters. The van der Waals surface area contributed by atoms with Gasteiger partial charge >= 0.3 is 0 Å². The van der Waals surface area contributed by atoms with Crippen LogP contribution in [0.3, 0.4) is 0 Å². The molecule has 1 heterocycles. The van der Waals surface area contributed by atoms with Crippen LogP contribution in [-0.4, -0.2) is 16.7 Å². The zero-order valence-electron chi connectivity index (χ0n) is 9.56. The molecule has 0 aliphatic rings. The van der Waals surface area contributed by atoms with Gasteiger partial charge in [-0.3, -0.25) is 0 Å². The summed E-state index contributed by atoms with van der Waals surface area (Å²) >= 11 is 0. The molecule has 0 spiro atoms. The van der Waals surface area contributed by atoms with Crippen molar-refractivity contribution in [3.05, 3.63) is 47.4 Å². The smallest absolute Gasteiger partial charge is 0.213 e. The summed E-state index contributed by atoms with van der Waals surface area (Å²) in [7, 11) is 0. The number of hydrogen-bond donors (Lipinski definition) is 1. The standard InChI is InChI=1S/C12H11FN4O/c13-11-2-1-9(6-14)10(5-11)7-15-4-3-12-16-8-18-17-12/h1-2,5,8,15H,3-4,7H2. The molecular weight excluding hydrogens is 235 g/mol. The molecule has 0 amide bonds. The summed E-state index contributed by atoms with van der Waals surface area (Å²) < 4.78 is 17.6.